The number of nitrogens with one attached hydrogen (secondary N) is 1. The lowest BCUT2D eigenvalue weighted by molar-refractivity contribution is -0.138. The minimum atomic E-state index is -4.70. The van der Waals surface area contributed by atoms with Crippen LogP contribution in [0.4, 0.5) is 17.6 Å². The number of amides is 1. The Morgan fingerprint density at radius 2 is 1.80 bits per heavy atom. The number of sulfonamides is 1. The van der Waals surface area contributed by atoms with Crippen LogP contribution >= 0.6 is 0 Å². The molecule has 3 atom stereocenters. The summed E-state index contributed by atoms with van der Waals surface area (Å²) in [7, 11) is -3.55. The minimum absolute atomic E-state index is 0.0878. The molecule has 2 fully saturated rings. The van der Waals surface area contributed by atoms with Gasteiger partial charge in [0, 0.05) is 37.7 Å². The molecule has 3 unspecified atom stereocenters. The number of alkyl halides is 3. The molecule has 1 amide bonds. The van der Waals surface area contributed by atoms with Crippen molar-refractivity contribution < 1.29 is 35.9 Å². The zero-order valence-corrected chi connectivity index (χ0v) is 25.5. The van der Waals surface area contributed by atoms with E-state index in [4.69, 9.17) is 5.10 Å². The van der Waals surface area contributed by atoms with Gasteiger partial charge in [0.15, 0.2) is 0 Å². The number of carbonyl (C=O) groups is 1. The molecular weight excluding hydrogens is 602 g/mol. The highest BCUT2D eigenvalue weighted by Gasteiger charge is 2.52. The third-order valence-corrected chi connectivity index (χ3v) is 10.2. The van der Waals surface area contributed by atoms with E-state index >= 15 is 0 Å². The van der Waals surface area contributed by atoms with Crippen LogP contribution in [0.15, 0.2) is 47.6 Å². The molecule has 2 saturated heterocycles. The Morgan fingerprint density at radius 3 is 2.43 bits per heavy atom. The van der Waals surface area contributed by atoms with Crippen molar-refractivity contribution in [3.63, 3.8) is 0 Å². The number of aliphatic hydroxyl groups is 1. The minimum Gasteiger partial charge on any atom is -0.390 e. The predicted molar refractivity (Wildman–Crippen MR) is 157 cm³/mol. The summed E-state index contributed by atoms with van der Waals surface area (Å²) in [5.74, 6) is -1.69. The van der Waals surface area contributed by atoms with E-state index in [0.29, 0.717) is 24.2 Å². The number of β-amino-alcohol motifs (C(OH)–C–C–N with tert-alkyl or cyclic N) is 1. The van der Waals surface area contributed by atoms with Crippen molar-refractivity contribution in [1.29, 1.82) is 0 Å². The lowest BCUT2D eigenvalue weighted by Gasteiger charge is -2.45. The maximum atomic E-state index is 14.0. The maximum Gasteiger partial charge on any atom is 0.416 e. The Hall–Kier alpha value is -3.07. The fraction of sp³-hybridized carbons (Fsp3) is 0.533. The van der Waals surface area contributed by atoms with Crippen molar-refractivity contribution >= 4 is 21.6 Å². The topological polar surface area (TPSA) is 106 Å². The van der Waals surface area contributed by atoms with Gasteiger partial charge in [0.25, 0.3) is 5.91 Å². The van der Waals surface area contributed by atoms with E-state index in [0.717, 1.165) is 50.4 Å². The third-order valence-electron chi connectivity index (χ3n) is 8.92. The van der Waals surface area contributed by atoms with E-state index in [9.17, 15) is 35.9 Å². The zero-order chi connectivity index (χ0) is 31.9. The molecule has 44 heavy (non-hydrogen) atoms. The van der Waals surface area contributed by atoms with Crippen molar-refractivity contribution in [2.75, 3.05) is 45.5 Å². The molecule has 14 heteroatoms. The highest BCUT2D eigenvalue weighted by atomic mass is 32.2. The molecule has 2 aromatic rings. The fourth-order valence-corrected chi connectivity index (χ4v) is 7.25. The normalized spacial score (nSPS) is 23.8. The smallest absolute Gasteiger partial charge is 0.390 e. The summed E-state index contributed by atoms with van der Waals surface area (Å²) in [6.07, 6.45) is -1.76. The Balaban J connectivity index is 1.46. The highest BCUT2D eigenvalue weighted by Crippen LogP contribution is 2.43. The van der Waals surface area contributed by atoms with Gasteiger partial charge in [0.2, 0.25) is 10.0 Å². The molecule has 0 bridgehead atoms. The first-order valence-electron chi connectivity index (χ1n) is 14.6. The average Bonchev–Trinajstić information content (AvgIpc) is 3.56. The van der Waals surface area contributed by atoms with Crippen LogP contribution < -0.4 is 5.32 Å². The maximum absolute atomic E-state index is 14.0. The molecule has 240 valence electrons. The van der Waals surface area contributed by atoms with E-state index in [1.54, 1.807) is 5.01 Å². The number of rotatable bonds is 9. The predicted octanol–water partition coefficient (Wildman–Crippen LogP) is 3.29. The molecular formula is C30H37F4N5O4S. The lowest BCUT2D eigenvalue weighted by Crippen LogP contribution is -2.58. The van der Waals surface area contributed by atoms with Gasteiger partial charge in [0.05, 0.1) is 35.7 Å². The van der Waals surface area contributed by atoms with E-state index in [-0.39, 0.29) is 30.8 Å². The second-order valence-electron chi connectivity index (χ2n) is 12.1. The van der Waals surface area contributed by atoms with Crippen molar-refractivity contribution in [2.45, 2.75) is 50.6 Å². The van der Waals surface area contributed by atoms with Crippen LogP contribution in [-0.2, 0) is 22.7 Å². The first kappa shape index (κ1) is 32.3. The van der Waals surface area contributed by atoms with Gasteiger partial charge in [-0.05, 0) is 86.8 Å². The summed E-state index contributed by atoms with van der Waals surface area (Å²) in [6, 6.07) is 8.24. The summed E-state index contributed by atoms with van der Waals surface area (Å²) in [5, 5.41) is 20.1. The van der Waals surface area contributed by atoms with Gasteiger partial charge in [-0.1, -0.05) is 6.07 Å². The van der Waals surface area contributed by atoms with E-state index in [1.165, 1.54) is 28.6 Å². The van der Waals surface area contributed by atoms with Crippen LogP contribution in [0.2, 0.25) is 0 Å². The number of fused-ring (bicyclic) bond motifs is 1. The van der Waals surface area contributed by atoms with E-state index < -0.39 is 57.6 Å². The second-order valence-corrected chi connectivity index (χ2v) is 14.1. The zero-order valence-electron chi connectivity index (χ0n) is 24.6. The number of benzene rings is 2. The Morgan fingerprint density at radius 1 is 1.11 bits per heavy atom. The SMILES string of the molecule is CC12CCN(S(C)(=O)=O)CC1C(c1ccc(C(F)(F)F)c(CNC(=O)c3ccc(F)cc3)c1)=NN2CC(O)CN1CCCC1. The molecule has 3 aliphatic rings. The van der Waals surface area contributed by atoms with Crippen molar-refractivity contribution in [2.24, 2.45) is 11.0 Å². The number of nitrogens with zero attached hydrogens (tertiary/aromatic N) is 4. The number of hydrazone groups is 1. The molecule has 0 saturated carbocycles. The molecule has 9 nitrogen and oxygen atoms in total. The lowest BCUT2D eigenvalue weighted by atomic mass is 9.76. The van der Waals surface area contributed by atoms with Crippen LogP contribution in [0.25, 0.3) is 0 Å². The second kappa shape index (κ2) is 12.4. The van der Waals surface area contributed by atoms with Gasteiger partial charge >= 0.3 is 6.18 Å². The van der Waals surface area contributed by atoms with Crippen molar-refractivity contribution in [1.82, 2.24) is 19.5 Å². The highest BCUT2D eigenvalue weighted by molar-refractivity contribution is 7.88. The summed E-state index contributed by atoms with van der Waals surface area (Å²) in [6.45, 7) is 4.29. The van der Waals surface area contributed by atoms with Crippen LogP contribution in [0, 0.1) is 11.7 Å². The number of piperidine rings is 1. The standard InChI is InChI=1S/C30H37F4N5O4S/c1-29-11-14-38(44(2,42)43)19-26(29)27(36-39(29)18-24(40)17-37-12-3-4-13-37)21-7-10-25(30(32,33)34)22(15-21)16-35-28(41)20-5-8-23(31)9-6-20/h5-10,15,24,26,40H,3-4,11-14,16-19H2,1-2H3,(H,35,41). The molecule has 2 aromatic carbocycles. The van der Waals surface area contributed by atoms with Crippen molar-refractivity contribution in [3.8, 4) is 0 Å². The van der Waals surface area contributed by atoms with Gasteiger partial charge in [-0.15, -0.1) is 0 Å². The Kier molecular flexibility index (Phi) is 9.09. The number of hydrogen-bond acceptors (Lipinski definition) is 7. The molecule has 2 N–H and O–H groups in total. The molecule has 3 heterocycles. The average molecular weight is 640 g/mol. The van der Waals surface area contributed by atoms with Crippen LogP contribution in [0.3, 0.4) is 0 Å². The number of aliphatic hydroxyl groups excluding tert-OH is 1. The summed E-state index contributed by atoms with van der Waals surface area (Å²) < 4.78 is 81.8. The summed E-state index contributed by atoms with van der Waals surface area (Å²) >= 11 is 0. The van der Waals surface area contributed by atoms with Gasteiger partial charge in [-0.25, -0.2) is 17.1 Å². The first-order chi connectivity index (χ1) is 20.6. The van der Waals surface area contributed by atoms with Crippen LogP contribution in [0.5, 0.6) is 0 Å². The Bertz CT molecular complexity index is 1510. The molecule has 0 spiro atoms. The molecule has 0 aliphatic carbocycles. The van der Waals surface area contributed by atoms with Crippen LogP contribution in [0.1, 0.15) is 53.2 Å². The molecule has 0 aromatic heterocycles. The third kappa shape index (κ3) is 6.93. The largest absolute Gasteiger partial charge is 0.416 e. The van der Waals surface area contributed by atoms with Crippen molar-refractivity contribution in [3.05, 3.63) is 70.5 Å². The monoisotopic (exact) mass is 639 g/mol. The van der Waals surface area contributed by atoms with E-state index in [2.05, 4.69) is 10.2 Å². The first-order valence-corrected chi connectivity index (χ1v) is 16.5. The fourth-order valence-electron chi connectivity index (χ4n) is 6.41. The van der Waals surface area contributed by atoms with Gasteiger partial charge in [-0.3, -0.25) is 9.80 Å². The molecule has 0 radical (unpaired) electrons. The summed E-state index contributed by atoms with van der Waals surface area (Å²) in [4.78, 5) is 14.8. The quantitative estimate of drug-likeness (QED) is 0.409. The number of hydrogen-bond donors (Lipinski definition) is 2. The number of carbonyl (C=O) groups excluding carboxylic acids is 1. The van der Waals surface area contributed by atoms with Gasteiger partial charge in [-0.2, -0.15) is 18.3 Å². The van der Waals surface area contributed by atoms with E-state index in [1.807, 2.05) is 6.92 Å². The van der Waals surface area contributed by atoms with Gasteiger partial charge in [0.1, 0.15) is 5.82 Å². The number of halogens is 4. The summed E-state index contributed by atoms with van der Waals surface area (Å²) in [5.41, 5.74) is -0.916. The molecule has 5 rings (SSSR count). The van der Waals surface area contributed by atoms with Crippen LogP contribution in [-0.4, -0.2) is 96.5 Å². The molecule has 3 aliphatic heterocycles. The number of likely N-dealkylation sites (tertiary alicyclic amines) is 1. The van der Waals surface area contributed by atoms with Gasteiger partial charge < -0.3 is 15.3 Å². The Labute approximate surface area is 254 Å².